The van der Waals surface area contributed by atoms with E-state index in [0.29, 0.717) is 19.6 Å². The molecule has 0 aromatic rings. The van der Waals surface area contributed by atoms with Gasteiger partial charge in [-0.15, -0.1) is 0 Å². The van der Waals surface area contributed by atoms with Gasteiger partial charge in [0, 0.05) is 26.2 Å². The molecule has 2 aliphatic heterocycles. The Balaban J connectivity index is 2.04. The maximum absolute atomic E-state index is 12.1. The van der Waals surface area contributed by atoms with Crippen molar-refractivity contribution in [2.24, 2.45) is 4.99 Å². The summed E-state index contributed by atoms with van der Waals surface area (Å²) in [6, 6.07) is 0. The number of nitrogens with one attached hydrogen (secondary N) is 1. The van der Waals surface area contributed by atoms with Crippen molar-refractivity contribution in [1.82, 2.24) is 10.2 Å². The number of guanidine groups is 1. The molecule has 0 aliphatic carbocycles. The zero-order chi connectivity index (χ0) is 16.2. The second-order valence-corrected chi connectivity index (χ2v) is 9.43. The summed E-state index contributed by atoms with van der Waals surface area (Å²) in [7, 11) is -3.03. The van der Waals surface area contributed by atoms with Gasteiger partial charge in [0.15, 0.2) is 15.8 Å². The van der Waals surface area contributed by atoms with E-state index >= 15 is 0 Å². The molecule has 0 saturated carbocycles. The summed E-state index contributed by atoms with van der Waals surface area (Å²) in [5, 5.41) is 3.28. The fourth-order valence-electron chi connectivity index (χ4n) is 2.89. The van der Waals surface area contributed by atoms with E-state index in [1.807, 2.05) is 6.92 Å². The highest BCUT2D eigenvalue weighted by Gasteiger charge is 2.41. The van der Waals surface area contributed by atoms with Crippen molar-refractivity contribution in [3.05, 3.63) is 0 Å². The van der Waals surface area contributed by atoms with Crippen LogP contribution in [0.25, 0.3) is 0 Å². The van der Waals surface area contributed by atoms with Gasteiger partial charge in [0.2, 0.25) is 0 Å². The van der Waals surface area contributed by atoms with Gasteiger partial charge in [0.1, 0.15) is 0 Å². The predicted molar refractivity (Wildman–Crippen MR) is 89.0 cm³/mol. The van der Waals surface area contributed by atoms with Crippen LogP contribution < -0.4 is 5.32 Å². The Labute approximate surface area is 134 Å². The second-order valence-electron chi connectivity index (χ2n) is 6.68. The zero-order valence-corrected chi connectivity index (χ0v) is 14.8. The van der Waals surface area contributed by atoms with E-state index in [4.69, 9.17) is 4.74 Å². The van der Waals surface area contributed by atoms with Gasteiger partial charge in [-0.1, -0.05) is 0 Å². The zero-order valence-electron chi connectivity index (χ0n) is 14.0. The van der Waals surface area contributed by atoms with E-state index in [1.165, 1.54) is 6.42 Å². The van der Waals surface area contributed by atoms with Crippen LogP contribution in [0.4, 0.5) is 0 Å². The van der Waals surface area contributed by atoms with Crippen LogP contribution in [-0.4, -0.2) is 68.7 Å². The molecule has 2 fully saturated rings. The Morgan fingerprint density at radius 2 is 2.18 bits per heavy atom. The average Bonchev–Trinajstić information content (AvgIpc) is 2.47. The highest BCUT2D eigenvalue weighted by Crippen LogP contribution is 2.23. The van der Waals surface area contributed by atoms with E-state index in [2.05, 4.69) is 15.2 Å². The smallest absolute Gasteiger partial charge is 0.194 e. The predicted octanol–water partition coefficient (Wildman–Crippen LogP) is 1.03. The fraction of sp³-hybridized carbons (Fsp3) is 0.933. The standard InChI is InChI=1S/C15H29N3O3S/c1-4-16-14(17-11-13-7-5-6-9-21-13)18-8-10-22(19,20)15(2,3)12-18/h13H,4-12H2,1-3H3,(H,16,17). The maximum Gasteiger partial charge on any atom is 0.194 e. The minimum absolute atomic E-state index is 0.185. The molecular formula is C15H29N3O3S. The van der Waals surface area contributed by atoms with Crippen molar-refractivity contribution < 1.29 is 13.2 Å². The summed E-state index contributed by atoms with van der Waals surface area (Å²) in [6.07, 6.45) is 3.59. The fourth-order valence-corrected chi connectivity index (χ4v) is 4.26. The van der Waals surface area contributed by atoms with Crippen molar-refractivity contribution in [3.63, 3.8) is 0 Å². The number of rotatable bonds is 3. The summed E-state index contributed by atoms with van der Waals surface area (Å²) >= 11 is 0. The second kappa shape index (κ2) is 7.17. The van der Waals surface area contributed by atoms with Crippen LogP contribution in [0, 0.1) is 0 Å². The SMILES string of the molecule is CCNC(=NCC1CCCCO1)N1CCS(=O)(=O)C(C)(C)C1. The lowest BCUT2D eigenvalue weighted by atomic mass is 10.1. The highest BCUT2D eigenvalue weighted by atomic mass is 32.2. The van der Waals surface area contributed by atoms with Gasteiger partial charge in [-0.25, -0.2) is 8.42 Å². The molecule has 1 N–H and O–H groups in total. The van der Waals surface area contributed by atoms with Crippen molar-refractivity contribution >= 4 is 15.8 Å². The van der Waals surface area contributed by atoms with E-state index in [1.54, 1.807) is 13.8 Å². The lowest BCUT2D eigenvalue weighted by Gasteiger charge is -2.39. The molecule has 0 bridgehead atoms. The minimum atomic E-state index is -3.03. The lowest BCUT2D eigenvalue weighted by molar-refractivity contribution is 0.0223. The molecule has 2 rings (SSSR count). The van der Waals surface area contributed by atoms with Gasteiger partial charge in [-0.3, -0.25) is 4.99 Å². The Hall–Kier alpha value is -0.820. The number of sulfone groups is 1. The third-order valence-electron chi connectivity index (χ3n) is 4.40. The quantitative estimate of drug-likeness (QED) is 0.618. The van der Waals surface area contributed by atoms with Gasteiger partial charge in [-0.2, -0.15) is 0 Å². The van der Waals surface area contributed by atoms with Crippen LogP contribution in [0.1, 0.15) is 40.0 Å². The summed E-state index contributed by atoms with van der Waals surface area (Å²) in [5.74, 6) is 0.990. The molecule has 0 aromatic carbocycles. The molecular weight excluding hydrogens is 302 g/mol. The molecule has 0 aromatic heterocycles. The molecule has 0 amide bonds. The molecule has 7 heteroatoms. The van der Waals surface area contributed by atoms with Crippen LogP contribution in [0.15, 0.2) is 4.99 Å². The van der Waals surface area contributed by atoms with Crippen LogP contribution >= 0.6 is 0 Å². The number of aliphatic imine (C=N–C) groups is 1. The lowest BCUT2D eigenvalue weighted by Crippen LogP contribution is -2.57. The van der Waals surface area contributed by atoms with Crippen LogP contribution in [0.5, 0.6) is 0 Å². The largest absolute Gasteiger partial charge is 0.376 e. The third-order valence-corrected chi connectivity index (χ3v) is 6.93. The van der Waals surface area contributed by atoms with Gasteiger partial charge >= 0.3 is 0 Å². The summed E-state index contributed by atoms with van der Waals surface area (Å²) in [4.78, 5) is 6.75. The van der Waals surface area contributed by atoms with Gasteiger partial charge < -0.3 is 15.0 Å². The minimum Gasteiger partial charge on any atom is -0.376 e. The molecule has 6 nitrogen and oxygen atoms in total. The topological polar surface area (TPSA) is 71.0 Å². The first kappa shape index (κ1) is 17.5. The Morgan fingerprint density at radius 3 is 2.77 bits per heavy atom. The first-order chi connectivity index (χ1) is 10.4. The number of ether oxygens (including phenoxy) is 1. The first-order valence-electron chi connectivity index (χ1n) is 8.23. The van der Waals surface area contributed by atoms with Gasteiger partial charge in [0.25, 0.3) is 0 Å². The van der Waals surface area contributed by atoms with Crippen molar-refractivity contribution in [2.45, 2.75) is 50.9 Å². The number of nitrogens with zero attached hydrogens (tertiary/aromatic N) is 2. The van der Waals surface area contributed by atoms with E-state index < -0.39 is 14.6 Å². The molecule has 1 atom stereocenters. The Kier molecular flexibility index (Phi) is 5.71. The van der Waals surface area contributed by atoms with Crippen molar-refractivity contribution in [2.75, 3.05) is 38.5 Å². The van der Waals surface area contributed by atoms with Crippen molar-refractivity contribution in [3.8, 4) is 0 Å². The summed E-state index contributed by atoms with van der Waals surface area (Å²) in [6.45, 7) is 8.84. The van der Waals surface area contributed by atoms with Gasteiger partial charge in [0.05, 0.1) is 23.1 Å². The summed E-state index contributed by atoms with van der Waals surface area (Å²) in [5.41, 5.74) is 0. The third kappa shape index (κ3) is 4.13. The molecule has 2 saturated heterocycles. The van der Waals surface area contributed by atoms with E-state index in [9.17, 15) is 8.42 Å². The molecule has 1 unspecified atom stereocenters. The maximum atomic E-state index is 12.1. The Bertz CT molecular complexity index is 496. The van der Waals surface area contributed by atoms with Crippen LogP contribution in [-0.2, 0) is 14.6 Å². The van der Waals surface area contributed by atoms with Crippen LogP contribution in [0.3, 0.4) is 0 Å². The number of hydrogen-bond acceptors (Lipinski definition) is 4. The van der Waals surface area contributed by atoms with Crippen LogP contribution in [0.2, 0.25) is 0 Å². The highest BCUT2D eigenvalue weighted by molar-refractivity contribution is 7.92. The first-order valence-corrected chi connectivity index (χ1v) is 9.88. The van der Waals surface area contributed by atoms with E-state index in [0.717, 1.165) is 32.0 Å². The Morgan fingerprint density at radius 1 is 1.41 bits per heavy atom. The molecule has 0 spiro atoms. The molecule has 2 heterocycles. The van der Waals surface area contributed by atoms with E-state index in [-0.39, 0.29) is 11.9 Å². The molecule has 0 radical (unpaired) electrons. The van der Waals surface area contributed by atoms with Crippen molar-refractivity contribution in [1.29, 1.82) is 0 Å². The molecule has 2 aliphatic rings. The summed E-state index contributed by atoms with van der Waals surface area (Å²) < 4.78 is 29.2. The average molecular weight is 331 g/mol. The molecule has 128 valence electrons. The normalized spacial score (nSPS) is 28.4. The monoisotopic (exact) mass is 331 g/mol. The number of hydrogen-bond donors (Lipinski definition) is 1. The molecule has 22 heavy (non-hydrogen) atoms. The van der Waals surface area contributed by atoms with Gasteiger partial charge in [-0.05, 0) is 40.0 Å².